The molecule has 1 aromatic rings. The zero-order chi connectivity index (χ0) is 12.2. The molecule has 0 saturated heterocycles. The number of nitrogens with two attached hydrogens (primary N) is 1. The zero-order valence-electron chi connectivity index (χ0n) is 7.52. The molecule has 0 aliphatic rings. The molecule has 1 aromatic carbocycles. The molecule has 0 atom stereocenters. The lowest BCUT2D eigenvalue weighted by Crippen LogP contribution is -2.07. The summed E-state index contributed by atoms with van der Waals surface area (Å²) in [6, 6.07) is 0. The molecule has 0 bridgehead atoms. The van der Waals surface area contributed by atoms with Crippen LogP contribution in [0.25, 0.3) is 0 Å². The third-order valence-electron chi connectivity index (χ3n) is 1.45. The predicted octanol–water partition coefficient (Wildman–Crippen LogP) is 1.25. The number of hydrogen-bond acceptors (Lipinski definition) is 3. The lowest BCUT2D eigenvalue weighted by atomic mass is 10.1. The van der Waals surface area contributed by atoms with Crippen molar-refractivity contribution < 1.29 is 27.5 Å². The van der Waals surface area contributed by atoms with Crippen LogP contribution in [0.2, 0.25) is 0 Å². The summed E-state index contributed by atoms with van der Waals surface area (Å²) in [4.78, 5) is 10.0. The van der Waals surface area contributed by atoms with Gasteiger partial charge in [-0.25, -0.2) is 17.6 Å². The lowest BCUT2D eigenvalue weighted by Gasteiger charge is -2.03. The van der Waals surface area contributed by atoms with Crippen molar-refractivity contribution in [1.29, 1.82) is 0 Å². The number of anilines is 1. The van der Waals surface area contributed by atoms with Crippen LogP contribution in [0, 0.1) is 23.3 Å². The van der Waals surface area contributed by atoms with Gasteiger partial charge in [0.25, 0.3) is 0 Å². The molecule has 0 amide bonds. The standard InChI is InChI=1S/C7H3F4NO.CH4O/c8-3-2(1-13)4(9)6(11)7(12)5(3)10;1-2/h1H,12H2;2H,1H3. The fourth-order valence-corrected chi connectivity index (χ4v) is 0.769. The van der Waals surface area contributed by atoms with E-state index in [4.69, 9.17) is 5.11 Å². The van der Waals surface area contributed by atoms with Crippen molar-refractivity contribution in [3.05, 3.63) is 28.8 Å². The van der Waals surface area contributed by atoms with Crippen molar-refractivity contribution in [2.45, 2.75) is 0 Å². The zero-order valence-corrected chi connectivity index (χ0v) is 7.52. The molecule has 0 saturated carbocycles. The molecule has 1 rings (SSSR count). The summed E-state index contributed by atoms with van der Waals surface area (Å²) in [5, 5.41) is 7.00. The Morgan fingerprint density at radius 1 is 1.00 bits per heavy atom. The molecule has 0 aliphatic heterocycles. The van der Waals surface area contributed by atoms with Gasteiger partial charge in [0, 0.05) is 7.11 Å². The van der Waals surface area contributed by atoms with Crippen LogP contribution in [-0.2, 0) is 0 Å². The number of rotatable bonds is 1. The largest absolute Gasteiger partial charge is 0.400 e. The first-order valence-corrected chi connectivity index (χ1v) is 3.52. The Hall–Kier alpha value is -1.63. The third-order valence-corrected chi connectivity index (χ3v) is 1.45. The number of carbonyl (C=O) groups excluding carboxylic acids is 1. The van der Waals surface area contributed by atoms with Crippen LogP contribution in [0.1, 0.15) is 10.4 Å². The summed E-state index contributed by atoms with van der Waals surface area (Å²) in [5.41, 5.74) is 2.08. The molecule has 0 fully saturated rings. The third kappa shape index (κ3) is 2.24. The van der Waals surface area contributed by atoms with Gasteiger partial charge in [-0.05, 0) is 0 Å². The van der Waals surface area contributed by atoms with Gasteiger partial charge in [0.05, 0.1) is 5.56 Å². The minimum atomic E-state index is -1.79. The van der Waals surface area contributed by atoms with Crippen LogP contribution in [-0.4, -0.2) is 18.5 Å². The fraction of sp³-hybridized carbons (Fsp3) is 0.125. The topological polar surface area (TPSA) is 63.3 Å². The molecular weight excluding hydrogens is 218 g/mol. The van der Waals surface area contributed by atoms with Gasteiger partial charge >= 0.3 is 0 Å². The maximum Gasteiger partial charge on any atom is 0.185 e. The Kier molecular flexibility index (Phi) is 4.72. The molecule has 0 aromatic heterocycles. The molecule has 7 heteroatoms. The Bertz CT molecular complexity index is 352. The molecule has 0 spiro atoms. The normalized spacial score (nSPS) is 9.20. The summed E-state index contributed by atoms with van der Waals surface area (Å²) >= 11 is 0. The molecule has 0 aliphatic carbocycles. The van der Waals surface area contributed by atoms with Crippen molar-refractivity contribution >= 4 is 12.0 Å². The maximum absolute atomic E-state index is 12.6. The van der Waals surface area contributed by atoms with Crippen molar-refractivity contribution in [1.82, 2.24) is 0 Å². The van der Waals surface area contributed by atoms with Crippen LogP contribution in [0.3, 0.4) is 0 Å². The van der Waals surface area contributed by atoms with E-state index in [-0.39, 0.29) is 6.29 Å². The average molecular weight is 225 g/mol. The van der Waals surface area contributed by atoms with Gasteiger partial charge in [-0.2, -0.15) is 0 Å². The fourth-order valence-electron chi connectivity index (χ4n) is 0.769. The predicted molar refractivity (Wildman–Crippen MR) is 44.2 cm³/mol. The SMILES string of the molecule is CO.Nc1c(F)c(F)c(C=O)c(F)c1F. The van der Waals surface area contributed by atoms with E-state index in [0.717, 1.165) is 7.11 Å². The Morgan fingerprint density at radius 2 is 1.33 bits per heavy atom. The van der Waals surface area contributed by atoms with E-state index in [1.165, 1.54) is 0 Å². The van der Waals surface area contributed by atoms with Crippen molar-refractivity contribution in [2.75, 3.05) is 12.8 Å². The summed E-state index contributed by atoms with van der Waals surface area (Å²) in [7, 11) is 1.00. The first-order valence-electron chi connectivity index (χ1n) is 3.52. The molecule has 84 valence electrons. The molecular formula is C8H7F4NO2. The number of aliphatic hydroxyl groups is 1. The number of halogens is 4. The Labute approximate surface area is 82.1 Å². The number of aldehydes is 1. The summed E-state index contributed by atoms with van der Waals surface area (Å²) < 4.78 is 50.3. The molecule has 0 heterocycles. The summed E-state index contributed by atoms with van der Waals surface area (Å²) in [6.45, 7) is 0. The highest BCUT2D eigenvalue weighted by Gasteiger charge is 2.22. The first kappa shape index (κ1) is 13.4. The minimum absolute atomic E-state index is 0.323. The van der Waals surface area contributed by atoms with Crippen LogP contribution >= 0.6 is 0 Å². The van der Waals surface area contributed by atoms with Gasteiger partial charge in [0.2, 0.25) is 0 Å². The smallest absolute Gasteiger partial charge is 0.185 e. The van der Waals surface area contributed by atoms with E-state index in [2.05, 4.69) is 5.73 Å². The van der Waals surface area contributed by atoms with E-state index in [1.54, 1.807) is 0 Å². The highest BCUT2D eigenvalue weighted by Crippen LogP contribution is 2.24. The first-order chi connectivity index (χ1) is 7.00. The second kappa shape index (κ2) is 5.30. The highest BCUT2D eigenvalue weighted by atomic mass is 19.2. The minimum Gasteiger partial charge on any atom is -0.400 e. The number of carbonyl (C=O) groups is 1. The van der Waals surface area contributed by atoms with E-state index in [9.17, 15) is 22.4 Å². The molecule has 15 heavy (non-hydrogen) atoms. The monoisotopic (exact) mass is 225 g/mol. The van der Waals surface area contributed by atoms with Gasteiger partial charge in [0.1, 0.15) is 5.69 Å². The van der Waals surface area contributed by atoms with E-state index < -0.39 is 34.5 Å². The summed E-state index contributed by atoms with van der Waals surface area (Å²) in [6.07, 6.45) is -0.323. The van der Waals surface area contributed by atoms with Crippen LogP contribution < -0.4 is 5.73 Å². The number of benzene rings is 1. The van der Waals surface area contributed by atoms with Crippen molar-refractivity contribution in [3.8, 4) is 0 Å². The number of hydrogen-bond donors (Lipinski definition) is 2. The van der Waals surface area contributed by atoms with E-state index in [1.807, 2.05) is 0 Å². The van der Waals surface area contributed by atoms with Crippen LogP contribution in [0.15, 0.2) is 0 Å². The van der Waals surface area contributed by atoms with Crippen molar-refractivity contribution in [3.63, 3.8) is 0 Å². The quantitative estimate of drug-likeness (QED) is 0.327. The Balaban J connectivity index is 0.000000921. The lowest BCUT2D eigenvalue weighted by molar-refractivity contribution is 0.111. The van der Waals surface area contributed by atoms with Gasteiger partial charge in [0.15, 0.2) is 29.6 Å². The average Bonchev–Trinajstić information content (AvgIpc) is 2.27. The van der Waals surface area contributed by atoms with Crippen molar-refractivity contribution in [2.24, 2.45) is 0 Å². The Morgan fingerprint density at radius 3 is 1.60 bits per heavy atom. The molecule has 3 N–H and O–H groups in total. The number of nitrogen functional groups attached to an aromatic ring is 1. The second-order valence-corrected chi connectivity index (χ2v) is 2.20. The molecule has 0 radical (unpaired) electrons. The van der Waals surface area contributed by atoms with Gasteiger partial charge in [-0.1, -0.05) is 0 Å². The van der Waals surface area contributed by atoms with Gasteiger partial charge in [-0.15, -0.1) is 0 Å². The van der Waals surface area contributed by atoms with Crippen LogP contribution in [0.4, 0.5) is 23.2 Å². The maximum atomic E-state index is 12.6. The van der Waals surface area contributed by atoms with Gasteiger partial charge < -0.3 is 10.8 Å². The van der Waals surface area contributed by atoms with E-state index >= 15 is 0 Å². The van der Waals surface area contributed by atoms with Gasteiger partial charge in [-0.3, -0.25) is 4.79 Å². The molecule has 0 unspecified atom stereocenters. The highest BCUT2D eigenvalue weighted by molar-refractivity contribution is 5.77. The van der Waals surface area contributed by atoms with Crippen LogP contribution in [0.5, 0.6) is 0 Å². The number of aliphatic hydroxyl groups excluding tert-OH is 1. The summed E-state index contributed by atoms with van der Waals surface area (Å²) in [5.74, 6) is -7.10. The molecule has 3 nitrogen and oxygen atoms in total. The van der Waals surface area contributed by atoms with E-state index in [0.29, 0.717) is 0 Å². The second-order valence-electron chi connectivity index (χ2n) is 2.20.